The third-order valence-electron chi connectivity index (χ3n) is 12.5. The van der Waals surface area contributed by atoms with E-state index in [2.05, 4.69) is 72.8 Å². The Morgan fingerprint density at radius 1 is 0.448 bits per heavy atom. The number of carbonyl (C=O) groups is 3. The second-order valence-corrected chi connectivity index (χ2v) is 16.4. The molecule has 0 saturated carbocycles. The Balaban J connectivity index is 0.888. The summed E-state index contributed by atoms with van der Waals surface area (Å²) in [7, 11) is 0. The van der Waals surface area contributed by atoms with Gasteiger partial charge in [-0.3, -0.25) is 14.4 Å². The van der Waals surface area contributed by atoms with E-state index in [0.29, 0.717) is 12.8 Å². The second-order valence-electron chi connectivity index (χ2n) is 16.4. The van der Waals surface area contributed by atoms with Gasteiger partial charge in [-0.2, -0.15) is 0 Å². The molecule has 6 aromatic carbocycles. The van der Waals surface area contributed by atoms with Crippen molar-refractivity contribution in [3.05, 3.63) is 179 Å². The molecule has 0 unspecified atom stereocenters. The van der Waals surface area contributed by atoms with Gasteiger partial charge in [0.15, 0.2) is 5.92 Å². The largest absolute Gasteiger partial charge is 0.464 e. The molecule has 0 fully saturated rings. The van der Waals surface area contributed by atoms with Gasteiger partial charge in [0.05, 0.1) is 5.41 Å². The average Bonchev–Trinajstić information content (AvgIpc) is 3.88. The molecule has 290 valence electrons. The molecular formula is C52H46O6. The van der Waals surface area contributed by atoms with Crippen LogP contribution in [0.2, 0.25) is 0 Å². The van der Waals surface area contributed by atoms with Crippen LogP contribution in [-0.4, -0.2) is 37.7 Å². The number of esters is 3. The molecular weight excluding hydrogens is 721 g/mol. The summed E-state index contributed by atoms with van der Waals surface area (Å²) < 4.78 is 18.2. The predicted octanol–water partition coefficient (Wildman–Crippen LogP) is 10.9. The van der Waals surface area contributed by atoms with Gasteiger partial charge in [-0.1, -0.05) is 152 Å². The number of ether oxygens (including phenoxy) is 3. The van der Waals surface area contributed by atoms with Gasteiger partial charge in [-0.25, -0.2) is 0 Å². The van der Waals surface area contributed by atoms with Crippen LogP contribution in [0.25, 0.3) is 33.4 Å². The van der Waals surface area contributed by atoms with Crippen LogP contribution in [0.15, 0.2) is 146 Å². The molecule has 6 nitrogen and oxygen atoms in total. The molecule has 0 aromatic heterocycles. The van der Waals surface area contributed by atoms with E-state index in [-0.39, 0.29) is 50.0 Å². The van der Waals surface area contributed by atoms with E-state index in [1.807, 2.05) is 86.6 Å². The molecule has 0 aliphatic heterocycles. The van der Waals surface area contributed by atoms with Crippen molar-refractivity contribution in [2.24, 2.45) is 11.3 Å². The molecule has 3 aliphatic carbocycles. The monoisotopic (exact) mass is 766 g/mol. The molecule has 0 amide bonds. The third kappa shape index (κ3) is 6.81. The first-order valence-electron chi connectivity index (χ1n) is 20.4. The van der Waals surface area contributed by atoms with Crippen LogP contribution < -0.4 is 0 Å². The highest BCUT2D eigenvalue weighted by Crippen LogP contribution is 2.47. The zero-order valence-electron chi connectivity index (χ0n) is 32.9. The first-order valence-corrected chi connectivity index (χ1v) is 20.4. The summed E-state index contributed by atoms with van der Waals surface area (Å²) in [6, 6.07) is 49.2. The van der Waals surface area contributed by atoms with Gasteiger partial charge in [0.2, 0.25) is 0 Å². The Kier molecular flexibility index (Phi) is 10.0. The molecule has 6 heteroatoms. The van der Waals surface area contributed by atoms with Crippen LogP contribution in [0.4, 0.5) is 0 Å². The van der Waals surface area contributed by atoms with Crippen LogP contribution in [-0.2, 0) is 28.6 Å². The van der Waals surface area contributed by atoms with Crippen LogP contribution >= 0.6 is 0 Å². The normalized spacial score (nSPS) is 13.9. The Labute approximate surface area is 339 Å². The van der Waals surface area contributed by atoms with Crippen molar-refractivity contribution in [1.82, 2.24) is 0 Å². The van der Waals surface area contributed by atoms with Crippen LogP contribution in [0, 0.1) is 11.3 Å². The molecule has 0 spiro atoms. The number of carbonyl (C=O) groups excluding carboxylic acids is 3. The fourth-order valence-electron chi connectivity index (χ4n) is 9.39. The highest BCUT2D eigenvalue weighted by atomic mass is 16.6. The third-order valence-corrected chi connectivity index (χ3v) is 12.5. The molecule has 6 aromatic rings. The van der Waals surface area contributed by atoms with E-state index in [1.165, 1.54) is 11.1 Å². The molecule has 58 heavy (non-hydrogen) atoms. The maximum atomic E-state index is 14.1. The fraction of sp³-hybridized carbons (Fsp3) is 0.250. The summed E-state index contributed by atoms with van der Waals surface area (Å²) in [5, 5.41) is 0. The lowest BCUT2D eigenvalue weighted by atomic mass is 9.85. The van der Waals surface area contributed by atoms with Crippen molar-refractivity contribution in [1.29, 1.82) is 0 Å². The molecule has 0 bridgehead atoms. The number of hydrogen-bond acceptors (Lipinski definition) is 6. The summed E-state index contributed by atoms with van der Waals surface area (Å²) >= 11 is 0. The fourth-order valence-corrected chi connectivity index (χ4v) is 9.39. The first-order chi connectivity index (χ1) is 28.3. The van der Waals surface area contributed by atoms with Crippen LogP contribution in [0.5, 0.6) is 0 Å². The standard InChI is InChI=1S/C52H46O6/c1-52(2,51(55)58-32-48-43-26-13-7-20-37(43)38-21-8-14-27-44(38)48)29-15-28-45(49(53)56-30-46-39-22-9-3-16-33(39)34-17-4-10-23-40(34)46)50(54)57-31-47-41-24-11-5-18-35(41)36-19-6-12-25-42(36)47/h3-14,16-27,45-48H,15,28-32H2,1-2H3. The first kappa shape index (κ1) is 37.3. The lowest BCUT2D eigenvalue weighted by Crippen LogP contribution is -2.31. The molecule has 3 aliphatic rings. The Morgan fingerprint density at radius 3 is 1.03 bits per heavy atom. The summed E-state index contributed by atoms with van der Waals surface area (Å²) in [5.74, 6) is -3.03. The Bertz CT molecular complexity index is 2280. The maximum absolute atomic E-state index is 14.1. The molecule has 9 rings (SSSR count). The second kappa shape index (κ2) is 15.6. The lowest BCUT2D eigenvalue weighted by molar-refractivity contribution is -0.163. The highest BCUT2D eigenvalue weighted by Gasteiger charge is 2.38. The van der Waals surface area contributed by atoms with Gasteiger partial charge in [0, 0.05) is 17.8 Å². The van der Waals surface area contributed by atoms with E-state index >= 15 is 0 Å². The van der Waals surface area contributed by atoms with Gasteiger partial charge >= 0.3 is 17.9 Å². The SMILES string of the molecule is CC(C)(CCCC(C(=O)OCC1c2ccccc2-c2ccccc21)C(=O)OCC1c2ccccc2-c2ccccc21)C(=O)OCC1c2ccccc2-c2ccccc21. The van der Waals surface area contributed by atoms with Gasteiger partial charge in [0.1, 0.15) is 19.8 Å². The number of benzene rings is 6. The van der Waals surface area contributed by atoms with E-state index in [0.717, 1.165) is 55.6 Å². The molecule has 0 radical (unpaired) electrons. The average molecular weight is 767 g/mol. The van der Waals surface area contributed by atoms with Gasteiger partial charge in [-0.15, -0.1) is 0 Å². The summed E-state index contributed by atoms with van der Waals surface area (Å²) in [5.41, 5.74) is 12.7. The molecule has 0 heterocycles. The van der Waals surface area contributed by atoms with E-state index in [4.69, 9.17) is 14.2 Å². The zero-order chi connectivity index (χ0) is 39.8. The maximum Gasteiger partial charge on any atom is 0.320 e. The van der Waals surface area contributed by atoms with Crippen LogP contribution in [0.1, 0.15) is 84.2 Å². The number of fused-ring (bicyclic) bond motifs is 9. The van der Waals surface area contributed by atoms with Crippen molar-refractivity contribution in [3.63, 3.8) is 0 Å². The summed E-state index contributed by atoms with van der Waals surface area (Å²) in [6.45, 7) is 4.16. The van der Waals surface area contributed by atoms with Crippen LogP contribution in [0.3, 0.4) is 0 Å². The quantitative estimate of drug-likeness (QED) is 0.0662. The minimum Gasteiger partial charge on any atom is -0.464 e. The summed E-state index contributed by atoms with van der Waals surface area (Å²) in [4.78, 5) is 41.9. The minimum atomic E-state index is -1.16. The van der Waals surface area contributed by atoms with Crippen molar-refractivity contribution in [2.45, 2.75) is 50.9 Å². The Morgan fingerprint density at radius 2 is 0.724 bits per heavy atom. The van der Waals surface area contributed by atoms with Crippen molar-refractivity contribution in [2.75, 3.05) is 19.8 Å². The number of rotatable bonds is 13. The van der Waals surface area contributed by atoms with Crippen molar-refractivity contribution in [3.8, 4) is 33.4 Å². The van der Waals surface area contributed by atoms with Crippen molar-refractivity contribution < 1.29 is 28.6 Å². The number of hydrogen-bond donors (Lipinski definition) is 0. The smallest absolute Gasteiger partial charge is 0.320 e. The van der Waals surface area contributed by atoms with Gasteiger partial charge in [-0.05, 0) is 93.5 Å². The molecule has 0 atom stereocenters. The lowest BCUT2D eigenvalue weighted by Gasteiger charge is -2.25. The van der Waals surface area contributed by atoms with E-state index < -0.39 is 23.3 Å². The molecule has 0 saturated heterocycles. The van der Waals surface area contributed by atoms with E-state index in [1.54, 1.807) is 0 Å². The molecule has 0 N–H and O–H groups in total. The van der Waals surface area contributed by atoms with Gasteiger partial charge < -0.3 is 14.2 Å². The minimum absolute atomic E-state index is 0.0429. The summed E-state index contributed by atoms with van der Waals surface area (Å²) in [6.07, 6.45) is 0.997. The van der Waals surface area contributed by atoms with E-state index in [9.17, 15) is 14.4 Å². The highest BCUT2D eigenvalue weighted by molar-refractivity contribution is 5.95. The Hall–Kier alpha value is -6.27. The van der Waals surface area contributed by atoms with Gasteiger partial charge in [0.25, 0.3) is 0 Å². The zero-order valence-corrected chi connectivity index (χ0v) is 32.9. The topological polar surface area (TPSA) is 78.9 Å². The van der Waals surface area contributed by atoms with Crippen molar-refractivity contribution >= 4 is 17.9 Å². The predicted molar refractivity (Wildman–Crippen MR) is 225 cm³/mol.